The van der Waals surface area contributed by atoms with E-state index in [-0.39, 0.29) is 0 Å². The van der Waals surface area contributed by atoms with E-state index in [9.17, 15) is 9.59 Å². The highest BCUT2D eigenvalue weighted by Gasteiger charge is 2.38. The summed E-state index contributed by atoms with van der Waals surface area (Å²) in [4.78, 5) is 22.8. The lowest BCUT2D eigenvalue weighted by molar-refractivity contribution is -0.141. The fourth-order valence-corrected chi connectivity index (χ4v) is 2.10. The van der Waals surface area contributed by atoms with Crippen molar-refractivity contribution in [1.29, 1.82) is 0 Å². The number of rotatable bonds is 5. The van der Waals surface area contributed by atoms with Crippen LogP contribution < -0.4 is 5.32 Å². The topological polar surface area (TPSA) is 84.9 Å². The first-order valence-corrected chi connectivity index (χ1v) is 6.95. The molecule has 1 rings (SSSR count). The number of hydrogen-bond acceptors (Lipinski definition) is 4. The largest absolute Gasteiger partial charge is 0.481 e. The first kappa shape index (κ1) is 16.8. The molecule has 0 bridgehead atoms. The number of carbonyl (C=O) groups excluding carboxylic acids is 1. The highest BCUT2D eigenvalue weighted by molar-refractivity contribution is 5.70. The van der Waals surface area contributed by atoms with Crippen molar-refractivity contribution in [3.63, 3.8) is 0 Å². The van der Waals surface area contributed by atoms with Gasteiger partial charge in [-0.2, -0.15) is 0 Å². The van der Waals surface area contributed by atoms with Crippen LogP contribution in [0.1, 0.15) is 47.0 Å². The van der Waals surface area contributed by atoms with Gasteiger partial charge in [0.1, 0.15) is 5.60 Å². The molecule has 0 radical (unpaired) electrons. The Labute approximate surface area is 119 Å². The Bertz CT molecular complexity index is 355. The van der Waals surface area contributed by atoms with Crippen molar-refractivity contribution in [2.24, 2.45) is 5.92 Å². The molecule has 6 heteroatoms. The summed E-state index contributed by atoms with van der Waals surface area (Å²) in [6.45, 7) is 8.04. The van der Waals surface area contributed by atoms with E-state index in [1.807, 2.05) is 0 Å². The minimum atomic E-state index is -0.823. The summed E-state index contributed by atoms with van der Waals surface area (Å²) in [5.74, 6) is -1.26. The molecule has 1 heterocycles. The van der Waals surface area contributed by atoms with E-state index in [0.717, 1.165) is 0 Å². The molecule has 0 aliphatic carbocycles. The number of hydrogen-bond donors (Lipinski definition) is 2. The first-order valence-electron chi connectivity index (χ1n) is 6.95. The van der Waals surface area contributed by atoms with E-state index in [1.54, 1.807) is 27.7 Å². The Balaban J connectivity index is 2.58. The lowest BCUT2D eigenvalue weighted by atomic mass is 9.89. The van der Waals surface area contributed by atoms with Crippen LogP contribution in [0.3, 0.4) is 0 Å². The van der Waals surface area contributed by atoms with Gasteiger partial charge in [-0.1, -0.05) is 6.92 Å². The van der Waals surface area contributed by atoms with Crippen molar-refractivity contribution < 1.29 is 24.2 Å². The van der Waals surface area contributed by atoms with E-state index in [0.29, 0.717) is 32.5 Å². The summed E-state index contributed by atoms with van der Waals surface area (Å²) in [5, 5.41) is 11.8. The van der Waals surface area contributed by atoms with E-state index in [1.165, 1.54) is 0 Å². The Morgan fingerprint density at radius 1 is 1.45 bits per heavy atom. The van der Waals surface area contributed by atoms with E-state index in [4.69, 9.17) is 14.6 Å². The van der Waals surface area contributed by atoms with Gasteiger partial charge in [0.25, 0.3) is 0 Å². The quantitative estimate of drug-likeness (QED) is 0.809. The van der Waals surface area contributed by atoms with E-state index >= 15 is 0 Å². The van der Waals surface area contributed by atoms with Gasteiger partial charge in [0.05, 0.1) is 18.1 Å². The van der Waals surface area contributed by atoms with E-state index < -0.39 is 29.1 Å². The molecule has 0 aromatic heterocycles. The van der Waals surface area contributed by atoms with Crippen LogP contribution in [-0.4, -0.2) is 41.5 Å². The maximum absolute atomic E-state index is 11.9. The van der Waals surface area contributed by atoms with Gasteiger partial charge < -0.3 is 19.9 Å². The van der Waals surface area contributed by atoms with Crippen LogP contribution in [0, 0.1) is 5.92 Å². The second-order valence-electron chi connectivity index (χ2n) is 6.49. The van der Waals surface area contributed by atoms with Gasteiger partial charge in [-0.25, -0.2) is 4.79 Å². The molecule has 0 spiro atoms. The Morgan fingerprint density at radius 2 is 2.10 bits per heavy atom. The average molecular weight is 287 g/mol. The van der Waals surface area contributed by atoms with Crippen molar-refractivity contribution >= 4 is 12.1 Å². The van der Waals surface area contributed by atoms with Crippen LogP contribution in [0.15, 0.2) is 0 Å². The second kappa shape index (κ2) is 6.43. The van der Waals surface area contributed by atoms with Crippen LogP contribution in [0.4, 0.5) is 4.79 Å². The highest BCUT2D eigenvalue weighted by Crippen LogP contribution is 2.27. The molecule has 1 aliphatic rings. The monoisotopic (exact) mass is 287 g/mol. The summed E-state index contributed by atoms with van der Waals surface area (Å²) in [5.41, 5.74) is -1.06. The minimum Gasteiger partial charge on any atom is -0.481 e. The minimum absolute atomic E-state index is 0.401. The molecule has 20 heavy (non-hydrogen) atoms. The number of alkyl carbamates (subject to hydrolysis) is 1. The molecule has 2 atom stereocenters. The maximum Gasteiger partial charge on any atom is 0.408 e. The van der Waals surface area contributed by atoms with Crippen LogP contribution in [0.5, 0.6) is 0 Å². The summed E-state index contributed by atoms with van der Waals surface area (Å²) < 4.78 is 10.6. The molecule has 1 fully saturated rings. The molecule has 0 saturated carbocycles. The highest BCUT2D eigenvalue weighted by atomic mass is 16.6. The van der Waals surface area contributed by atoms with Crippen molar-refractivity contribution in [3.05, 3.63) is 0 Å². The number of carboxylic acid groups (broad SMARTS) is 1. The lowest BCUT2D eigenvalue weighted by Gasteiger charge is -2.31. The predicted molar refractivity (Wildman–Crippen MR) is 73.6 cm³/mol. The number of carboxylic acids is 1. The number of ether oxygens (including phenoxy) is 2. The SMILES string of the molecule is CC(CCC1(NC(=O)OC(C)(C)C)CCOC1)C(=O)O. The van der Waals surface area contributed by atoms with Gasteiger partial charge in [0.15, 0.2) is 0 Å². The first-order chi connectivity index (χ1) is 9.14. The maximum atomic E-state index is 11.9. The van der Waals surface area contributed by atoms with Gasteiger partial charge in [-0.05, 0) is 40.0 Å². The summed E-state index contributed by atoms with van der Waals surface area (Å²) in [7, 11) is 0. The van der Waals surface area contributed by atoms with Gasteiger partial charge in [0, 0.05) is 6.61 Å². The Kier molecular flexibility index (Phi) is 5.39. The standard InChI is InChI=1S/C14H25NO5/c1-10(11(16)17)5-6-14(7-8-19-9-14)15-12(18)20-13(2,3)4/h10H,5-9H2,1-4H3,(H,15,18)(H,16,17). The average Bonchev–Trinajstić information content (AvgIpc) is 2.72. The van der Waals surface area contributed by atoms with Crippen LogP contribution in [0.25, 0.3) is 0 Å². The third-order valence-corrected chi connectivity index (χ3v) is 3.35. The molecule has 2 N–H and O–H groups in total. The molecule has 2 unspecified atom stereocenters. The molecule has 1 saturated heterocycles. The van der Waals surface area contributed by atoms with Crippen LogP contribution >= 0.6 is 0 Å². The van der Waals surface area contributed by atoms with E-state index in [2.05, 4.69) is 5.32 Å². The number of aliphatic carboxylic acids is 1. The molecule has 0 aromatic rings. The number of nitrogens with one attached hydrogen (secondary N) is 1. The van der Waals surface area contributed by atoms with Gasteiger partial charge in [-0.3, -0.25) is 4.79 Å². The zero-order valence-corrected chi connectivity index (χ0v) is 12.7. The summed E-state index contributed by atoms with van der Waals surface area (Å²) in [6.07, 6.45) is 1.26. The molecule has 0 aromatic carbocycles. The zero-order chi connectivity index (χ0) is 15.4. The van der Waals surface area contributed by atoms with Crippen molar-refractivity contribution in [3.8, 4) is 0 Å². The lowest BCUT2D eigenvalue weighted by Crippen LogP contribution is -2.50. The zero-order valence-electron chi connectivity index (χ0n) is 12.7. The Morgan fingerprint density at radius 3 is 2.55 bits per heavy atom. The van der Waals surface area contributed by atoms with Gasteiger partial charge in [-0.15, -0.1) is 0 Å². The van der Waals surface area contributed by atoms with Gasteiger partial charge in [0.2, 0.25) is 0 Å². The fraction of sp³-hybridized carbons (Fsp3) is 0.857. The molecular weight excluding hydrogens is 262 g/mol. The molecular formula is C14H25NO5. The number of carbonyl (C=O) groups is 2. The van der Waals surface area contributed by atoms with Crippen LogP contribution in [-0.2, 0) is 14.3 Å². The summed E-state index contributed by atoms with van der Waals surface area (Å²) in [6, 6.07) is 0. The normalized spacial score (nSPS) is 24.2. The molecule has 1 amide bonds. The third kappa shape index (κ3) is 5.36. The van der Waals surface area contributed by atoms with Crippen molar-refractivity contribution in [1.82, 2.24) is 5.32 Å². The molecule has 1 aliphatic heterocycles. The fourth-order valence-electron chi connectivity index (χ4n) is 2.10. The van der Waals surface area contributed by atoms with Crippen molar-refractivity contribution in [2.75, 3.05) is 13.2 Å². The van der Waals surface area contributed by atoms with Crippen molar-refractivity contribution in [2.45, 2.75) is 58.1 Å². The molecule has 6 nitrogen and oxygen atoms in total. The van der Waals surface area contributed by atoms with Crippen LogP contribution in [0.2, 0.25) is 0 Å². The second-order valence-corrected chi connectivity index (χ2v) is 6.49. The smallest absolute Gasteiger partial charge is 0.408 e. The number of amides is 1. The predicted octanol–water partition coefficient (Wildman–Crippen LogP) is 2.17. The Hall–Kier alpha value is -1.30. The summed E-state index contributed by atoms with van der Waals surface area (Å²) >= 11 is 0. The third-order valence-electron chi connectivity index (χ3n) is 3.35. The molecule has 116 valence electrons. The van der Waals surface area contributed by atoms with Gasteiger partial charge >= 0.3 is 12.1 Å².